The van der Waals surface area contributed by atoms with Gasteiger partial charge in [-0.05, 0) is 19.1 Å². The summed E-state index contributed by atoms with van der Waals surface area (Å²) in [4.78, 5) is 23.1. The van der Waals surface area contributed by atoms with Crippen LogP contribution in [0.3, 0.4) is 0 Å². The molecule has 0 N–H and O–H groups in total. The molecule has 94 valence electrons. The molecule has 0 saturated carbocycles. The second-order valence-corrected chi connectivity index (χ2v) is 3.52. The first-order valence-electron chi connectivity index (χ1n) is 5.40. The summed E-state index contributed by atoms with van der Waals surface area (Å²) >= 11 is 0. The number of hydrogen-bond acceptors (Lipinski definition) is 5. The molecule has 0 amide bonds. The monoisotopic (exact) mass is 248 g/mol. The fourth-order valence-electron chi connectivity index (χ4n) is 1.59. The van der Waals surface area contributed by atoms with Gasteiger partial charge in [0.05, 0.1) is 31.0 Å². The topological polar surface area (TPSA) is 69.9 Å². The molecule has 0 fully saturated rings. The van der Waals surface area contributed by atoms with E-state index < -0.39 is 11.9 Å². The molecule has 0 aliphatic heterocycles. The maximum atomic E-state index is 11.7. The Kier molecular flexibility index (Phi) is 3.27. The van der Waals surface area contributed by atoms with Gasteiger partial charge in [-0.2, -0.15) is 5.10 Å². The second-order valence-electron chi connectivity index (χ2n) is 3.52. The van der Waals surface area contributed by atoms with Gasteiger partial charge < -0.3 is 9.47 Å². The van der Waals surface area contributed by atoms with E-state index in [1.807, 2.05) is 0 Å². The summed E-state index contributed by atoms with van der Waals surface area (Å²) < 4.78 is 11.0. The van der Waals surface area contributed by atoms with Gasteiger partial charge in [0, 0.05) is 6.20 Å². The third-order valence-electron chi connectivity index (χ3n) is 2.44. The summed E-state index contributed by atoms with van der Waals surface area (Å²) in [6.07, 6.45) is 3.00. The molecule has 2 aromatic heterocycles. The molecule has 0 aromatic carbocycles. The Balaban J connectivity index is 2.49. The Morgan fingerprint density at radius 3 is 2.83 bits per heavy atom. The predicted molar refractivity (Wildman–Crippen MR) is 62.5 cm³/mol. The Bertz CT molecular complexity index is 603. The summed E-state index contributed by atoms with van der Waals surface area (Å²) in [7, 11) is 1.30. The normalized spacial score (nSPS) is 10.3. The van der Waals surface area contributed by atoms with Crippen molar-refractivity contribution in [3.63, 3.8) is 0 Å². The van der Waals surface area contributed by atoms with Gasteiger partial charge in [0.15, 0.2) is 0 Å². The Hall–Kier alpha value is -2.37. The lowest BCUT2D eigenvalue weighted by Crippen LogP contribution is -2.05. The van der Waals surface area contributed by atoms with E-state index in [2.05, 4.69) is 9.84 Å². The summed E-state index contributed by atoms with van der Waals surface area (Å²) in [5.74, 6) is -0.928. The predicted octanol–water partition coefficient (Wildman–Crippen LogP) is 1.30. The van der Waals surface area contributed by atoms with Crippen LogP contribution in [-0.2, 0) is 9.47 Å². The fourth-order valence-corrected chi connectivity index (χ4v) is 1.59. The fraction of sp³-hybridized carbons (Fsp3) is 0.250. The highest BCUT2D eigenvalue weighted by Gasteiger charge is 2.15. The maximum Gasteiger partial charge on any atom is 0.341 e. The van der Waals surface area contributed by atoms with Crippen molar-refractivity contribution in [2.75, 3.05) is 13.7 Å². The van der Waals surface area contributed by atoms with Crippen LogP contribution in [0.15, 0.2) is 24.5 Å². The van der Waals surface area contributed by atoms with Crippen molar-refractivity contribution in [3.05, 3.63) is 35.7 Å². The highest BCUT2D eigenvalue weighted by atomic mass is 16.5. The first kappa shape index (κ1) is 12.1. The van der Waals surface area contributed by atoms with Crippen molar-refractivity contribution in [1.29, 1.82) is 0 Å². The Morgan fingerprint density at radius 1 is 1.39 bits per heavy atom. The van der Waals surface area contributed by atoms with Crippen molar-refractivity contribution in [2.45, 2.75) is 6.92 Å². The number of carbonyl (C=O) groups is 2. The number of carbonyl (C=O) groups excluding carboxylic acids is 2. The molecular weight excluding hydrogens is 236 g/mol. The molecule has 0 atom stereocenters. The molecule has 0 radical (unpaired) electrons. The lowest BCUT2D eigenvalue weighted by Gasteiger charge is -2.02. The Morgan fingerprint density at radius 2 is 2.17 bits per heavy atom. The standard InChI is InChI=1S/C12H12N2O4/c1-3-18-12(16)9-7-13-14-5-4-8(6-10(9)14)11(15)17-2/h4-7H,3H2,1-2H3. The number of nitrogens with zero attached hydrogens (tertiary/aromatic N) is 2. The zero-order valence-electron chi connectivity index (χ0n) is 10.0. The van der Waals surface area contributed by atoms with E-state index >= 15 is 0 Å². The number of ether oxygens (including phenoxy) is 2. The van der Waals surface area contributed by atoms with Crippen LogP contribution in [0, 0.1) is 0 Å². The van der Waals surface area contributed by atoms with Crippen LogP contribution in [-0.4, -0.2) is 35.3 Å². The molecule has 0 saturated heterocycles. The van der Waals surface area contributed by atoms with E-state index in [0.29, 0.717) is 16.6 Å². The molecule has 0 aliphatic carbocycles. The number of fused-ring (bicyclic) bond motifs is 1. The van der Waals surface area contributed by atoms with E-state index in [-0.39, 0.29) is 6.61 Å². The number of aromatic nitrogens is 2. The molecule has 2 rings (SSSR count). The molecule has 6 heteroatoms. The first-order chi connectivity index (χ1) is 8.67. The third kappa shape index (κ3) is 2.04. The summed E-state index contributed by atoms with van der Waals surface area (Å²) in [5, 5.41) is 4.01. The minimum atomic E-state index is -0.464. The van der Waals surface area contributed by atoms with Crippen LogP contribution in [0.1, 0.15) is 27.6 Å². The zero-order chi connectivity index (χ0) is 13.1. The van der Waals surface area contributed by atoms with E-state index in [1.54, 1.807) is 25.3 Å². The first-order valence-corrected chi connectivity index (χ1v) is 5.40. The molecule has 0 aliphatic rings. The van der Waals surface area contributed by atoms with Crippen LogP contribution >= 0.6 is 0 Å². The molecule has 6 nitrogen and oxygen atoms in total. The number of pyridine rings is 1. The van der Waals surface area contributed by atoms with Crippen molar-refractivity contribution in [1.82, 2.24) is 9.61 Å². The number of methoxy groups -OCH3 is 1. The van der Waals surface area contributed by atoms with Gasteiger partial charge in [0.25, 0.3) is 0 Å². The highest BCUT2D eigenvalue weighted by molar-refractivity contribution is 5.98. The molecule has 2 heterocycles. The van der Waals surface area contributed by atoms with Gasteiger partial charge in [0.1, 0.15) is 5.56 Å². The van der Waals surface area contributed by atoms with Crippen molar-refractivity contribution in [2.24, 2.45) is 0 Å². The average Bonchev–Trinajstić information content (AvgIpc) is 2.80. The maximum absolute atomic E-state index is 11.7. The van der Waals surface area contributed by atoms with Gasteiger partial charge >= 0.3 is 11.9 Å². The highest BCUT2D eigenvalue weighted by Crippen LogP contribution is 2.14. The molecule has 0 spiro atoms. The summed E-state index contributed by atoms with van der Waals surface area (Å²) in [5.41, 5.74) is 1.19. The van der Waals surface area contributed by atoms with Crippen LogP contribution in [0.4, 0.5) is 0 Å². The van der Waals surface area contributed by atoms with Gasteiger partial charge in [0.2, 0.25) is 0 Å². The van der Waals surface area contributed by atoms with Crippen molar-refractivity contribution >= 4 is 17.5 Å². The van der Waals surface area contributed by atoms with E-state index in [4.69, 9.17) is 4.74 Å². The Labute approximate surface area is 103 Å². The SMILES string of the molecule is CCOC(=O)c1cnn2ccc(C(=O)OC)cc12. The smallest absolute Gasteiger partial charge is 0.341 e. The molecular formula is C12H12N2O4. The lowest BCUT2D eigenvalue weighted by molar-refractivity contribution is 0.0527. The number of hydrogen-bond donors (Lipinski definition) is 0. The van der Waals surface area contributed by atoms with Gasteiger partial charge in [-0.25, -0.2) is 14.1 Å². The largest absolute Gasteiger partial charge is 0.465 e. The molecule has 0 unspecified atom stereocenters. The third-order valence-corrected chi connectivity index (χ3v) is 2.44. The van der Waals surface area contributed by atoms with Crippen molar-refractivity contribution < 1.29 is 19.1 Å². The van der Waals surface area contributed by atoms with E-state index in [9.17, 15) is 9.59 Å². The molecule has 18 heavy (non-hydrogen) atoms. The molecule has 0 bridgehead atoms. The molecule has 2 aromatic rings. The summed E-state index contributed by atoms with van der Waals surface area (Å²) in [6, 6.07) is 3.12. The lowest BCUT2D eigenvalue weighted by atomic mass is 10.2. The minimum absolute atomic E-state index is 0.285. The van der Waals surface area contributed by atoms with Crippen molar-refractivity contribution in [3.8, 4) is 0 Å². The number of esters is 2. The van der Waals surface area contributed by atoms with E-state index in [1.165, 1.54) is 17.8 Å². The van der Waals surface area contributed by atoms with Gasteiger partial charge in [-0.15, -0.1) is 0 Å². The summed E-state index contributed by atoms with van der Waals surface area (Å²) in [6.45, 7) is 2.01. The minimum Gasteiger partial charge on any atom is -0.465 e. The average molecular weight is 248 g/mol. The van der Waals surface area contributed by atoms with Gasteiger partial charge in [-0.3, -0.25) is 0 Å². The van der Waals surface area contributed by atoms with Crippen LogP contribution < -0.4 is 0 Å². The van der Waals surface area contributed by atoms with Crippen LogP contribution in [0.5, 0.6) is 0 Å². The van der Waals surface area contributed by atoms with E-state index in [0.717, 1.165) is 0 Å². The van der Waals surface area contributed by atoms with Crippen LogP contribution in [0.25, 0.3) is 5.52 Å². The second kappa shape index (κ2) is 4.87. The van der Waals surface area contributed by atoms with Crippen LogP contribution in [0.2, 0.25) is 0 Å². The zero-order valence-corrected chi connectivity index (χ0v) is 10.0. The van der Waals surface area contributed by atoms with Gasteiger partial charge in [-0.1, -0.05) is 0 Å². The quantitative estimate of drug-likeness (QED) is 0.766. The number of rotatable bonds is 3.